The zero-order chi connectivity index (χ0) is 20.0. The highest BCUT2D eigenvalue weighted by Gasteiger charge is 2.10. The van der Waals surface area contributed by atoms with E-state index in [1.807, 2.05) is 60.4 Å². The summed E-state index contributed by atoms with van der Waals surface area (Å²) in [5.41, 5.74) is 13.0. The lowest BCUT2D eigenvalue weighted by atomic mass is 10.1. The summed E-state index contributed by atoms with van der Waals surface area (Å²) in [5, 5.41) is 4.23. The molecule has 0 bridgehead atoms. The number of nitrogens with zero attached hydrogens (tertiary/aromatic N) is 5. The predicted octanol–water partition coefficient (Wildman–Crippen LogP) is 4.21. The lowest BCUT2D eigenvalue weighted by Crippen LogP contribution is -1.96. The number of aryl methyl sites for hydroxylation is 1. The van der Waals surface area contributed by atoms with Gasteiger partial charge in [-0.2, -0.15) is 5.10 Å². The van der Waals surface area contributed by atoms with Gasteiger partial charge in [-0.1, -0.05) is 6.07 Å². The number of fused-ring (bicyclic) bond motifs is 1. The molecule has 29 heavy (non-hydrogen) atoms. The fourth-order valence-corrected chi connectivity index (χ4v) is 3.44. The first-order chi connectivity index (χ1) is 14.1. The third kappa shape index (κ3) is 3.12. The Labute approximate surface area is 166 Å². The summed E-state index contributed by atoms with van der Waals surface area (Å²) in [6.07, 6.45) is 6.77. The zero-order valence-corrected chi connectivity index (χ0v) is 15.6. The molecule has 0 atom stereocenters. The van der Waals surface area contributed by atoms with E-state index in [0.717, 1.165) is 33.4 Å². The second kappa shape index (κ2) is 6.56. The van der Waals surface area contributed by atoms with Gasteiger partial charge in [-0.3, -0.25) is 14.2 Å². The Balaban J connectivity index is 1.59. The van der Waals surface area contributed by atoms with Crippen LogP contribution in [-0.4, -0.2) is 24.3 Å². The van der Waals surface area contributed by atoms with Gasteiger partial charge in [-0.05, 0) is 48.0 Å². The van der Waals surface area contributed by atoms with Gasteiger partial charge in [-0.15, -0.1) is 0 Å². The summed E-state index contributed by atoms with van der Waals surface area (Å²) >= 11 is 0. The first-order valence-electron chi connectivity index (χ1n) is 9.06. The molecule has 3 aromatic heterocycles. The summed E-state index contributed by atoms with van der Waals surface area (Å²) < 4.78 is 17.0. The van der Waals surface area contributed by atoms with Gasteiger partial charge in [0.25, 0.3) is 0 Å². The standard InChI is InChI=1S/C22H17FN6/c1-28-12-16(10-27-28)14-2-5-22-21(8-14)26-13-29(22)19-7-15(6-18(24)9-19)20-4-3-17(23)11-25-20/h2-13H,24H2,1H3. The average Bonchev–Trinajstić information content (AvgIpc) is 3.33. The average molecular weight is 384 g/mol. The van der Waals surface area contributed by atoms with Crippen molar-refractivity contribution in [3.63, 3.8) is 0 Å². The predicted molar refractivity (Wildman–Crippen MR) is 111 cm³/mol. The first-order valence-corrected chi connectivity index (χ1v) is 9.06. The maximum absolute atomic E-state index is 13.2. The van der Waals surface area contributed by atoms with Crippen molar-refractivity contribution in [1.29, 1.82) is 0 Å². The van der Waals surface area contributed by atoms with E-state index in [9.17, 15) is 4.39 Å². The van der Waals surface area contributed by atoms with E-state index in [1.165, 1.54) is 12.3 Å². The Kier molecular flexibility index (Phi) is 3.87. The van der Waals surface area contributed by atoms with Gasteiger partial charge in [0.05, 0.1) is 29.1 Å². The third-order valence-electron chi connectivity index (χ3n) is 4.83. The molecule has 0 aliphatic rings. The maximum atomic E-state index is 13.2. The van der Waals surface area contributed by atoms with Crippen molar-refractivity contribution in [3.05, 3.63) is 79.3 Å². The molecule has 0 aliphatic carbocycles. The largest absolute Gasteiger partial charge is 0.399 e. The summed E-state index contributed by atoms with van der Waals surface area (Å²) in [6, 6.07) is 14.8. The molecule has 0 fully saturated rings. The third-order valence-corrected chi connectivity index (χ3v) is 4.83. The van der Waals surface area contributed by atoms with Crippen molar-refractivity contribution in [2.45, 2.75) is 0 Å². The number of anilines is 1. The molecular weight excluding hydrogens is 367 g/mol. The van der Waals surface area contributed by atoms with Crippen LogP contribution in [0.2, 0.25) is 0 Å². The second-order valence-electron chi connectivity index (χ2n) is 6.90. The van der Waals surface area contributed by atoms with Crippen LogP contribution in [-0.2, 0) is 7.05 Å². The second-order valence-corrected chi connectivity index (χ2v) is 6.90. The van der Waals surface area contributed by atoms with E-state index < -0.39 is 0 Å². The van der Waals surface area contributed by atoms with Gasteiger partial charge in [-0.25, -0.2) is 9.37 Å². The van der Waals surface area contributed by atoms with Crippen molar-refractivity contribution in [2.24, 2.45) is 7.05 Å². The van der Waals surface area contributed by atoms with Crippen LogP contribution in [0.4, 0.5) is 10.1 Å². The van der Waals surface area contributed by atoms with Gasteiger partial charge >= 0.3 is 0 Å². The van der Waals surface area contributed by atoms with Gasteiger partial charge in [0, 0.05) is 35.7 Å². The number of nitrogens with two attached hydrogens (primary N) is 1. The minimum absolute atomic E-state index is 0.372. The van der Waals surface area contributed by atoms with Gasteiger partial charge < -0.3 is 5.73 Å². The van der Waals surface area contributed by atoms with Crippen LogP contribution in [0.25, 0.3) is 39.1 Å². The summed E-state index contributed by atoms with van der Waals surface area (Å²) in [4.78, 5) is 8.72. The van der Waals surface area contributed by atoms with Crippen molar-refractivity contribution in [3.8, 4) is 28.1 Å². The number of hydrogen-bond acceptors (Lipinski definition) is 4. The highest BCUT2D eigenvalue weighted by Crippen LogP contribution is 2.28. The normalized spacial score (nSPS) is 11.2. The molecule has 0 unspecified atom stereocenters. The molecule has 0 saturated heterocycles. The van der Waals surface area contributed by atoms with Crippen molar-refractivity contribution >= 4 is 16.7 Å². The summed E-state index contributed by atoms with van der Waals surface area (Å²) in [5.74, 6) is -0.372. The molecule has 2 N–H and O–H groups in total. The fraction of sp³-hybridized carbons (Fsp3) is 0.0455. The first kappa shape index (κ1) is 17.1. The Morgan fingerprint density at radius 2 is 1.79 bits per heavy atom. The summed E-state index contributed by atoms with van der Waals surface area (Å²) in [7, 11) is 1.89. The molecule has 5 aromatic rings. The Morgan fingerprint density at radius 3 is 2.55 bits per heavy atom. The quantitative estimate of drug-likeness (QED) is 0.473. The summed E-state index contributed by atoms with van der Waals surface area (Å²) in [6.45, 7) is 0. The molecule has 6 nitrogen and oxygen atoms in total. The monoisotopic (exact) mass is 384 g/mol. The van der Waals surface area contributed by atoms with E-state index in [1.54, 1.807) is 17.1 Å². The molecule has 0 radical (unpaired) electrons. The molecule has 2 aromatic carbocycles. The number of imidazole rings is 1. The van der Waals surface area contributed by atoms with Crippen LogP contribution in [0.3, 0.4) is 0 Å². The zero-order valence-electron chi connectivity index (χ0n) is 15.6. The Bertz CT molecular complexity index is 1330. The van der Waals surface area contributed by atoms with Crippen LogP contribution in [0.1, 0.15) is 0 Å². The van der Waals surface area contributed by atoms with Crippen molar-refractivity contribution in [2.75, 3.05) is 5.73 Å². The number of hydrogen-bond donors (Lipinski definition) is 1. The van der Waals surface area contributed by atoms with Gasteiger partial charge in [0.15, 0.2) is 0 Å². The van der Waals surface area contributed by atoms with E-state index in [2.05, 4.69) is 15.1 Å². The number of halogens is 1. The molecule has 7 heteroatoms. The molecule has 0 amide bonds. The Hall–Kier alpha value is -4.00. The molecule has 3 heterocycles. The van der Waals surface area contributed by atoms with Crippen molar-refractivity contribution < 1.29 is 4.39 Å². The van der Waals surface area contributed by atoms with Crippen LogP contribution in [0, 0.1) is 5.82 Å². The highest BCUT2D eigenvalue weighted by molar-refractivity contribution is 5.84. The molecular formula is C22H17FN6. The fourth-order valence-electron chi connectivity index (χ4n) is 3.44. The van der Waals surface area contributed by atoms with E-state index in [4.69, 9.17) is 5.73 Å². The molecule has 142 valence electrons. The highest BCUT2D eigenvalue weighted by atomic mass is 19.1. The topological polar surface area (TPSA) is 74.5 Å². The SMILES string of the molecule is Cn1cc(-c2ccc3c(c2)ncn3-c2cc(N)cc(-c3ccc(F)cn3)c2)cn1. The lowest BCUT2D eigenvalue weighted by Gasteiger charge is -2.09. The molecule has 5 rings (SSSR count). The number of nitrogen functional groups attached to an aromatic ring is 1. The lowest BCUT2D eigenvalue weighted by molar-refractivity contribution is 0.622. The maximum Gasteiger partial charge on any atom is 0.141 e. The van der Waals surface area contributed by atoms with Crippen LogP contribution in [0.5, 0.6) is 0 Å². The molecule has 0 saturated carbocycles. The Morgan fingerprint density at radius 1 is 0.897 bits per heavy atom. The molecule has 0 aliphatic heterocycles. The minimum atomic E-state index is -0.372. The number of benzene rings is 2. The van der Waals surface area contributed by atoms with Gasteiger partial charge in [0.2, 0.25) is 0 Å². The number of rotatable bonds is 3. The smallest absolute Gasteiger partial charge is 0.141 e. The van der Waals surface area contributed by atoms with Gasteiger partial charge in [0.1, 0.15) is 12.1 Å². The van der Waals surface area contributed by atoms with E-state index in [0.29, 0.717) is 11.4 Å². The molecule has 0 spiro atoms. The van der Waals surface area contributed by atoms with E-state index in [-0.39, 0.29) is 5.82 Å². The van der Waals surface area contributed by atoms with Crippen LogP contribution >= 0.6 is 0 Å². The number of aromatic nitrogens is 5. The van der Waals surface area contributed by atoms with E-state index >= 15 is 0 Å². The van der Waals surface area contributed by atoms with Crippen molar-refractivity contribution in [1.82, 2.24) is 24.3 Å². The number of pyridine rings is 1. The van der Waals surface area contributed by atoms with Crippen LogP contribution in [0.15, 0.2) is 73.4 Å². The minimum Gasteiger partial charge on any atom is -0.399 e. The van der Waals surface area contributed by atoms with Crippen LogP contribution < -0.4 is 5.73 Å².